The lowest BCUT2D eigenvalue weighted by molar-refractivity contribution is 0.111. The number of aliphatic imine (C=N–C) groups is 1. The van der Waals surface area contributed by atoms with Gasteiger partial charge in [-0.1, -0.05) is 37.3 Å². The number of thiophene rings is 1. The van der Waals surface area contributed by atoms with Gasteiger partial charge in [-0.3, -0.25) is 9.89 Å². The minimum absolute atomic E-state index is 0.404. The third-order valence-electron chi connectivity index (χ3n) is 5.09. The van der Waals surface area contributed by atoms with Crippen LogP contribution < -0.4 is 10.6 Å². The Morgan fingerprint density at radius 2 is 2.04 bits per heavy atom. The highest BCUT2D eigenvalue weighted by molar-refractivity contribution is 7.10. The molecule has 1 aromatic heterocycles. The molecule has 0 saturated heterocycles. The molecular formula is C22H32N4OS. The number of aliphatic hydroxyl groups excluding tert-OH is 1. The molecule has 28 heavy (non-hydrogen) atoms. The molecule has 0 saturated carbocycles. The first kappa shape index (κ1) is 20.8. The first-order valence-corrected chi connectivity index (χ1v) is 11.1. The van der Waals surface area contributed by atoms with Crippen molar-refractivity contribution in [2.45, 2.75) is 38.8 Å². The highest BCUT2D eigenvalue weighted by Gasteiger charge is 2.18. The van der Waals surface area contributed by atoms with E-state index in [4.69, 9.17) is 0 Å². The summed E-state index contributed by atoms with van der Waals surface area (Å²) in [6.45, 7) is 8.86. The molecular weight excluding hydrogens is 368 g/mol. The molecule has 2 unspecified atom stereocenters. The van der Waals surface area contributed by atoms with Crippen LogP contribution in [0.4, 0.5) is 0 Å². The number of β-amino-alcohol motifs (C(OH)–C–C–N with tert-alkyl or cyclic N) is 1. The fraction of sp³-hybridized carbons (Fsp3) is 0.500. The van der Waals surface area contributed by atoms with E-state index in [9.17, 15) is 5.11 Å². The molecule has 0 radical (unpaired) electrons. The molecule has 2 atom stereocenters. The second kappa shape index (κ2) is 10.6. The van der Waals surface area contributed by atoms with Gasteiger partial charge in [0.25, 0.3) is 0 Å². The lowest BCUT2D eigenvalue weighted by atomic mass is 10.00. The van der Waals surface area contributed by atoms with E-state index in [2.05, 4.69) is 76.2 Å². The van der Waals surface area contributed by atoms with Gasteiger partial charge in [-0.25, -0.2) is 0 Å². The molecule has 0 spiro atoms. The topological polar surface area (TPSA) is 59.9 Å². The Hall–Kier alpha value is -1.89. The zero-order chi connectivity index (χ0) is 19.8. The minimum Gasteiger partial charge on any atom is -0.390 e. The molecule has 2 heterocycles. The summed E-state index contributed by atoms with van der Waals surface area (Å²) in [5, 5.41) is 19.3. The minimum atomic E-state index is -0.463. The van der Waals surface area contributed by atoms with Crippen molar-refractivity contribution in [3.05, 3.63) is 57.8 Å². The Labute approximate surface area is 172 Å². The predicted octanol–water partition coefficient (Wildman–Crippen LogP) is 2.83. The van der Waals surface area contributed by atoms with Gasteiger partial charge in [0, 0.05) is 43.5 Å². The Kier molecular flexibility index (Phi) is 7.89. The van der Waals surface area contributed by atoms with Gasteiger partial charge in [0.2, 0.25) is 0 Å². The van der Waals surface area contributed by atoms with Crippen LogP contribution in [0.1, 0.15) is 35.8 Å². The van der Waals surface area contributed by atoms with Gasteiger partial charge in [-0.2, -0.15) is 0 Å². The van der Waals surface area contributed by atoms with E-state index in [0.29, 0.717) is 19.0 Å². The predicted molar refractivity (Wildman–Crippen MR) is 118 cm³/mol. The SMILES string of the molecule is CCNC(=NCC(O)CN1CCc2ccccc2C1)NCC(C)c1cccs1. The van der Waals surface area contributed by atoms with Crippen LogP contribution in [0.3, 0.4) is 0 Å². The fourth-order valence-electron chi connectivity index (χ4n) is 3.53. The van der Waals surface area contributed by atoms with E-state index < -0.39 is 6.10 Å². The quantitative estimate of drug-likeness (QED) is 0.471. The molecule has 0 amide bonds. The monoisotopic (exact) mass is 400 g/mol. The van der Waals surface area contributed by atoms with Crippen LogP contribution in [0.15, 0.2) is 46.8 Å². The molecule has 152 valence electrons. The summed E-state index contributed by atoms with van der Waals surface area (Å²) in [6, 6.07) is 12.8. The van der Waals surface area contributed by atoms with E-state index in [1.807, 2.05) is 0 Å². The summed E-state index contributed by atoms with van der Waals surface area (Å²) < 4.78 is 0. The second-order valence-corrected chi connectivity index (χ2v) is 8.40. The average Bonchev–Trinajstić information content (AvgIpc) is 3.25. The van der Waals surface area contributed by atoms with Gasteiger partial charge in [0.05, 0.1) is 12.6 Å². The van der Waals surface area contributed by atoms with E-state index in [1.54, 1.807) is 11.3 Å². The number of benzene rings is 1. The first-order chi connectivity index (χ1) is 13.7. The van der Waals surface area contributed by atoms with Crippen LogP contribution in [0, 0.1) is 0 Å². The third-order valence-corrected chi connectivity index (χ3v) is 6.19. The largest absolute Gasteiger partial charge is 0.390 e. The van der Waals surface area contributed by atoms with Crippen molar-refractivity contribution >= 4 is 17.3 Å². The number of nitrogens with one attached hydrogen (secondary N) is 2. The van der Waals surface area contributed by atoms with E-state index >= 15 is 0 Å². The molecule has 5 nitrogen and oxygen atoms in total. The number of fused-ring (bicyclic) bond motifs is 1. The van der Waals surface area contributed by atoms with Crippen molar-refractivity contribution in [3.63, 3.8) is 0 Å². The van der Waals surface area contributed by atoms with Crippen LogP contribution in [0.25, 0.3) is 0 Å². The summed E-state index contributed by atoms with van der Waals surface area (Å²) in [7, 11) is 0. The fourth-order valence-corrected chi connectivity index (χ4v) is 4.31. The van der Waals surface area contributed by atoms with Crippen LogP contribution in [0.5, 0.6) is 0 Å². The smallest absolute Gasteiger partial charge is 0.191 e. The van der Waals surface area contributed by atoms with Crippen molar-refractivity contribution in [2.24, 2.45) is 4.99 Å². The maximum Gasteiger partial charge on any atom is 0.191 e. The summed E-state index contributed by atoms with van der Waals surface area (Å²) in [5.41, 5.74) is 2.81. The van der Waals surface area contributed by atoms with Crippen molar-refractivity contribution in [2.75, 3.05) is 32.7 Å². The van der Waals surface area contributed by atoms with Crippen molar-refractivity contribution in [1.82, 2.24) is 15.5 Å². The highest BCUT2D eigenvalue weighted by atomic mass is 32.1. The number of aliphatic hydroxyl groups is 1. The van der Waals surface area contributed by atoms with Crippen LogP contribution in [-0.2, 0) is 13.0 Å². The zero-order valence-corrected chi connectivity index (χ0v) is 17.7. The van der Waals surface area contributed by atoms with Crippen LogP contribution in [0.2, 0.25) is 0 Å². The molecule has 3 N–H and O–H groups in total. The first-order valence-electron chi connectivity index (χ1n) is 10.2. The summed E-state index contributed by atoms with van der Waals surface area (Å²) in [5.74, 6) is 1.20. The molecule has 0 fully saturated rings. The van der Waals surface area contributed by atoms with Crippen LogP contribution in [-0.4, -0.2) is 54.8 Å². The molecule has 6 heteroatoms. The number of rotatable bonds is 8. The Balaban J connectivity index is 1.47. The van der Waals surface area contributed by atoms with Gasteiger partial charge in [0.1, 0.15) is 0 Å². The van der Waals surface area contributed by atoms with Gasteiger partial charge in [-0.05, 0) is 35.9 Å². The van der Waals surface area contributed by atoms with Gasteiger partial charge >= 0.3 is 0 Å². The van der Waals surface area contributed by atoms with Crippen molar-refractivity contribution < 1.29 is 5.11 Å². The summed E-state index contributed by atoms with van der Waals surface area (Å²) in [6.07, 6.45) is 0.590. The number of hydrogen-bond acceptors (Lipinski definition) is 4. The Bertz CT molecular complexity index is 747. The molecule has 1 aliphatic rings. The molecule has 1 aliphatic heterocycles. The number of guanidine groups is 1. The lowest BCUT2D eigenvalue weighted by Gasteiger charge is -2.30. The zero-order valence-electron chi connectivity index (χ0n) is 16.9. The molecule has 3 rings (SSSR count). The molecule has 0 bridgehead atoms. The highest BCUT2D eigenvalue weighted by Crippen LogP contribution is 2.20. The Morgan fingerprint density at radius 1 is 1.21 bits per heavy atom. The van der Waals surface area contributed by atoms with Gasteiger partial charge in [0.15, 0.2) is 5.96 Å². The van der Waals surface area contributed by atoms with Crippen molar-refractivity contribution in [1.29, 1.82) is 0 Å². The van der Waals surface area contributed by atoms with Crippen LogP contribution >= 0.6 is 11.3 Å². The summed E-state index contributed by atoms with van der Waals surface area (Å²) >= 11 is 1.78. The van der Waals surface area contributed by atoms with Gasteiger partial charge < -0.3 is 15.7 Å². The second-order valence-electron chi connectivity index (χ2n) is 7.42. The number of nitrogens with zero attached hydrogens (tertiary/aromatic N) is 2. The standard InChI is InChI=1S/C22H32N4OS/c1-3-23-22(24-13-17(2)21-9-6-12-28-21)25-14-20(27)16-26-11-10-18-7-4-5-8-19(18)15-26/h4-9,12,17,20,27H,3,10-11,13-16H2,1-2H3,(H2,23,24,25). The average molecular weight is 401 g/mol. The maximum atomic E-state index is 10.5. The van der Waals surface area contributed by atoms with E-state index in [0.717, 1.165) is 38.6 Å². The number of hydrogen-bond donors (Lipinski definition) is 3. The molecule has 1 aromatic carbocycles. The molecule has 0 aliphatic carbocycles. The normalized spacial score (nSPS) is 17.0. The van der Waals surface area contributed by atoms with Crippen molar-refractivity contribution in [3.8, 4) is 0 Å². The Morgan fingerprint density at radius 3 is 2.79 bits per heavy atom. The lowest BCUT2D eigenvalue weighted by Crippen LogP contribution is -2.41. The molecule has 2 aromatic rings. The van der Waals surface area contributed by atoms with E-state index in [1.165, 1.54) is 16.0 Å². The summed E-state index contributed by atoms with van der Waals surface area (Å²) in [4.78, 5) is 8.29. The maximum absolute atomic E-state index is 10.5. The van der Waals surface area contributed by atoms with Gasteiger partial charge in [-0.15, -0.1) is 11.3 Å². The van der Waals surface area contributed by atoms with E-state index in [-0.39, 0.29) is 0 Å². The third kappa shape index (κ3) is 6.06.